The third kappa shape index (κ3) is 2.82. The molecule has 1 aliphatic rings. The molecule has 0 spiro atoms. The zero-order valence-electron chi connectivity index (χ0n) is 14.3. The van der Waals surface area contributed by atoms with E-state index in [4.69, 9.17) is 0 Å². The number of hydrogen-bond donors (Lipinski definition) is 1. The van der Waals surface area contributed by atoms with Crippen molar-refractivity contribution in [2.24, 2.45) is 0 Å². The number of nitro groups is 2. The summed E-state index contributed by atoms with van der Waals surface area (Å²) >= 11 is 0. The third-order valence-corrected chi connectivity index (χ3v) is 4.77. The summed E-state index contributed by atoms with van der Waals surface area (Å²) in [5, 5.41) is 26.1. The lowest BCUT2D eigenvalue weighted by molar-refractivity contribution is -0.394. The van der Waals surface area contributed by atoms with E-state index in [1.54, 1.807) is 0 Å². The van der Waals surface area contributed by atoms with Crippen LogP contribution in [0.4, 0.5) is 17.1 Å². The molecular weight excluding hydrogens is 322 g/mol. The smallest absolute Gasteiger partial charge is 0.280 e. The van der Waals surface area contributed by atoms with E-state index in [0.29, 0.717) is 12.0 Å². The molecule has 130 valence electrons. The molecule has 1 heterocycles. The highest BCUT2D eigenvalue weighted by molar-refractivity contribution is 5.65. The summed E-state index contributed by atoms with van der Waals surface area (Å²) in [5.74, 6) is 0. The molecule has 7 nitrogen and oxygen atoms in total. The maximum absolute atomic E-state index is 11.6. The Bertz CT molecular complexity index is 878. The van der Waals surface area contributed by atoms with Crippen LogP contribution in [0, 0.1) is 20.2 Å². The summed E-state index contributed by atoms with van der Waals surface area (Å²) in [5.41, 5.74) is 0.955. The van der Waals surface area contributed by atoms with Crippen molar-refractivity contribution in [2.45, 2.75) is 38.1 Å². The molecule has 0 aliphatic carbocycles. The van der Waals surface area contributed by atoms with Gasteiger partial charge in [-0.25, -0.2) is 0 Å². The average Bonchev–Trinajstić information content (AvgIpc) is 2.53. The van der Waals surface area contributed by atoms with Crippen LogP contribution in [-0.4, -0.2) is 15.4 Å². The fourth-order valence-corrected chi connectivity index (χ4v) is 3.95. The number of fused-ring (bicyclic) bond motifs is 1. The Hall–Kier alpha value is -2.96. The van der Waals surface area contributed by atoms with E-state index in [1.807, 2.05) is 45.0 Å². The zero-order valence-corrected chi connectivity index (χ0v) is 14.3. The molecule has 0 radical (unpaired) electrons. The van der Waals surface area contributed by atoms with Crippen LogP contribution in [0.15, 0.2) is 42.5 Å². The maximum atomic E-state index is 11.6. The molecule has 0 fully saturated rings. The van der Waals surface area contributed by atoms with Crippen LogP contribution in [0.3, 0.4) is 0 Å². The summed E-state index contributed by atoms with van der Waals surface area (Å²) < 4.78 is 0. The molecule has 0 saturated carbocycles. The number of nitrogens with zero attached hydrogens (tertiary/aromatic N) is 2. The number of rotatable bonds is 3. The monoisotopic (exact) mass is 341 g/mol. The van der Waals surface area contributed by atoms with Gasteiger partial charge in [-0.2, -0.15) is 0 Å². The van der Waals surface area contributed by atoms with Crippen molar-refractivity contribution >= 4 is 17.1 Å². The lowest BCUT2D eigenvalue weighted by atomic mass is 9.65. The molecule has 0 unspecified atom stereocenters. The van der Waals surface area contributed by atoms with Gasteiger partial charge in [-0.15, -0.1) is 0 Å². The van der Waals surface area contributed by atoms with Crippen LogP contribution in [0.2, 0.25) is 0 Å². The minimum Gasteiger partial charge on any atom is -0.380 e. The van der Waals surface area contributed by atoms with Crippen LogP contribution in [0.25, 0.3) is 0 Å². The first-order valence-corrected chi connectivity index (χ1v) is 7.95. The lowest BCUT2D eigenvalue weighted by Crippen LogP contribution is -2.45. The number of non-ortho nitro benzene ring substituents is 1. The molecule has 3 rings (SSSR count). The molecule has 1 aliphatic heterocycles. The minimum absolute atomic E-state index is 0.218. The summed E-state index contributed by atoms with van der Waals surface area (Å²) in [6.45, 7) is 6.04. The van der Waals surface area contributed by atoms with E-state index in [1.165, 1.54) is 12.1 Å². The highest BCUT2D eigenvalue weighted by Gasteiger charge is 2.44. The van der Waals surface area contributed by atoms with Gasteiger partial charge < -0.3 is 5.32 Å². The van der Waals surface area contributed by atoms with Gasteiger partial charge in [0.25, 0.3) is 11.4 Å². The van der Waals surface area contributed by atoms with Gasteiger partial charge in [-0.1, -0.05) is 25.1 Å². The molecule has 25 heavy (non-hydrogen) atoms. The molecular formula is C18H19N3O4. The SMILES string of the molecule is CC1(C)C[C@@](C)(c2ccc([N+](=O)[O-])cc2[N+](=O)[O-])c2ccccc2N1. The van der Waals surface area contributed by atoms with Crippen LogP contribution in [-0.2, 0) is 5.41 Å². The van der Waals surface area contributed by atoms with Crippen molar-refractivity contribution in [2.75, 3.05) is 5.32 Å². The van der Waals surface area contributed by atoms with Gasteiger partial charge in [0.1, 0.15) is 0 Å². The van der Waals surface area contributed by atoms with Crippen molar-refractivity contribution < 1.29 is 9.85 Å². The fraction of sp³-hybridized carbons (Fsp3) is 0.333. The molecule has 0 amide bonds. The van der Waals surface area contributed by atoms with E-state index in [9.17, 15) is 20.2 Å². The van der Waals surface area contributed by atoms with Gasteiger partial charge in [0.05, 0.1) is 15.9 Å². The average molecular weight is 341 g/mol. The number of benzene rings is 2. The topological polar surface area (TPSA) is 98.3 Å². The standard InChI is InChI=1S/C18H19N3O4/c1-17(2)11-18(3,13-6-4-5-7-15(13)19-17)14-9-8-12(20(22)23)10-16(14)21(24)25/h4-10,19H,11H2,1-3H3/t18-/m1/s1. The fourth-order valence-electron chi connectivity index (χ4n) is 3.95. The quantitative estimate of drug-likeness (QED) is 0.659. The van der Waals surface area contributed by atoms with Crippen molar-refractivity contribution in [3.05, 3.63) is 73.8 Å². The van der Waals surface area contributed by atoms with Gasteiger partial charge in [0, 0.05) is 28.3 Å². The lowest BCUT2D eigenvalue weighted by Gasteiger charge is -2.45. The van der Waals surface area contributed by atoms with E-state index in [2.05, 4.69) is 5.32 Å². The zero-order chi connectivity index (χ0) is 18.4. The van der Waals surface area contributed by atoms with Crippen molar-refractivity contribution in [1.29, 1.82) is 0 Å². The molecule has 2 aromatic rings. The molecule has 0 aromatic heterocycles. The molecule has 2 aromatic carbocycles. The molecule has 0 bridgehead atoms. The Balaban J connectivity index is 2.27. The Morgan fingerprint density at radius 1 is 0.960 bits per heavy atom. The van der Waals surface area contributed by atoms with Crippen molar-refractivity contribution in [1.82, 2.24) is 0 Å². The van der Waals surface area contributed by atoms with Crippen LogP contribution >= 0.6 is 0 Å². The Morgan fingerprint density at radius 2 is 1.64 bits per heavy atom. The first-order chi connectivity index (χ1) is 11.6. The van der Waals surface area contributed by atoms with Gasteiger partial charge in [-0.05, 0) is 38.0 Å². The normalized spacial score (nSPS) is 21.1. The second-order valence-corrected chi connectivity index (χ2v) is 7.28. The first kappa shape index (κ1) is 16.9. The summed E-state index contributed by atoms with van der Waals surface area (Å²) in [4.78, 5) is 21.5. The first-order valence-electron chi connectivity index (χ1n) is 7.95. The Kier molecular flexibility index (Phi) is 3.74. The molecule has 0 saturated heterocycles. The molecule has 7 heteroatoms. The van der Waals surface area contributed by atoms with Gasteiger partial charge in [-0.3, -0.25) is 20.2 Å². The number of anilines is 1. The van der Waals surface area contributed by atoms with Crippen molar-refractivity contribution in [3.63, 3.8) is 0 Å². The number of nitro benzene ring substituents is 2. The van der Waals surface area contributed by atoms with Crippen LogP contribution in [0.1, 0.15) is 38.3 Å². The Morgan fingerprint density at radius 3 is 2.28 bits per heavy atom. The van der Waals surface area contributed by atoms with Gasteiger partial charge in [0.2, 0.25) is 0 Å². The predicted octanol–water partition coefficient (Wildman–Crippen LogP) is 4.40. The maximum Gasteiger partial charge on any atom is 0.280 e. The van der Waals surface area contributed by atoms with Gasteiger partial charge >= 0.3 is 0 Å². The number of hydrogen-bond acceptors (Lipinski definition) is 5. The third-order valence-electron chi connectivity index (χ3n) is 4.77. The summed E-state index contributed by atoms with van der Waals surface area (Å²) in [6.07, 6.45) is 0.621. The van der Waals surface area contributed by atoms with Crippen LogP contribution < -0.4 is 5.32 Å². The minimum atomic E-state index is -0.636. The molecule has 1 atom stereocenters. The summed E-state index contributed by atoms with van der Waals surface area (Å²) in [7, 11) is 0. The van der Waals surface area contributed by atoms with E-state index in [0.717, 1.165) is 17.3 Å². The second-order valence-electron chi connectivity index (χ2n) is 7.28. The number of para-hydroxylation sites is 1. The van der Waals surface area contributed by atoms with E-state index in [-0.39, 0.29) is 16.9 Å². The highest BCUT2D eigenvalue weighted by atomic mass is 16.6. The summed E-state index contributed by atoms with van der Waals surface area (Å²) in [6, 6.07) is 11.6. The highest BCUT2D eigenvalue weighted by Crippen LogP contribution is 2.49. The second kappa shape index (κ2) is 5.54. The Labute approximate surface area is 145 Å². The largest absolute Gasteiger partial charge is 0.380 e. The molecule has 1 N–H and O–H groups in total. The predicted molar refractivity (Wildman–Crippen MR) is 95.0 cm³/mol. The van der Waals surface area contributed by atoms with Crippen LogP contribution in [0.5, 0.6) is 0 Å². The van der Waals surface area contributed by atoms with Crippen molar-refractivity contribution in [3.8, 4) is 0 Å². The van der Waals surface area contributed by atoms with Gasteiger partial charge in [0.15, 0.2) is 0 Å². The number of nitrogens with one attached hydrogen (secondary N) is 1. The van der Waals surface area contributed by atoms with E-state index >= 15 is 0 Å². The van der Waals surface area contributed by atoms with E-state index < -0.39 is 15.3 Å².